The van der Waals surface area contributed by atoms with Crippen LogP contribution in [-0.4, -0.2) is 54.2 Å². The average molecular weight is 442 g/mol. The molecule has 1 aliphatic heterocycles. The Morgan fingerprint density at radius 1 is 1.13 bits per heavy atom. The van der Waals surface area contributed by atoms with Gasteiger partial charge in [-0.25, -0.2) is 0 Å². The lowest BCUT2D eigenvalue weighted by Gasteiger charge is -2.34. The fourth-order valence-corrected chi connectivity index (χ4v) is 3.95. The molecule has 7 heteroatoms. The maximum Gasteiger partial charge on any atom is 0.253 e. The van der Waals surface area contributed by atoms with Crippen molar-refractivity contribution in [2.24, 2.45) is 5.92 Å². The number of likely N-dealkylation sites (N-methyl/N-ethyl adjacent to an activating group) is 1. The summed E-state index contributed by atoms with van der Waals surface area (Å²) in [4.78, 5) is 41.4. The molecule has 6 nitrogen and oxygen atoms in total. The van der Waals surface area contributed by atoms with Crippen LogP contribution >= 0.6 is 11.6 Å². The second kappa shape index (κ2) is 9.96. The summed E-state index contributed by atoms with van der Waals surface area (Å²) in [6, 6.07) is 12.5. The van der Waals surface area contributed by atoms with E-state index in [-0.39, 0.29) is 30.2 Å². The minimum absolute atomic E-state index is 0.0339. The molecule has 1 unspecified atom stereocenters. The summed E-state index contributed by atoms with van der Waals surface area (Å²) in [5.41, 5.74) is 3.41. The Morgan fingerprint density at radius 3 is 2.55 bits per heavy atom. The number of carbonyl (C=O) groups excluding carboxylic acids is 3. The van der Waals surface area contributed by atoms with E-state index in [0.29, 0.717) is 30.1 Å². The first kappa shape index (κ1) is 22.8. The van der Waals surface area contributed by atoms with E-state index in [1.54, 1.807) is 36.2 Å². The molecule has 0 radical (unpaired) electrons. The third-order valence-corrected chi connectivity index (χ3v) is 6.04. The van der Waals surface area contributed by atoms with Crippen LogP contribution in [0.1, 0.15) is 34.3 Å². The van der Waals surface area contributed by atoms with E-state index in [1.165, 1.54) is 4.90 Å². The van der Waals surface area contributed by atoms with Crippen molar-refractivity contribution in [1.82, 2.24) is 9.80 Å². The van der Waals surface area contributed by atoms with Gasteiger partial charge in [0.2, 0.25) is 11.8 Å². The fourth-order valence-electron chi connectivity index (χ4n) is 3.82. The van der Waals surface area contributed by atoms with Gasteiger partial charge in [-0.1, -0.05) is 23.7 Å². The average Bonchev–Trinajstić information content (AvgIpc) is 2.76. The molecule has 2 aromatic rings. The van der Waals surface area contributed by atoms with Gasteiger partial charge in [0.05, 0.1) is 12.5 Å². The highest BCUT2D eigenvalue weighted by atomic mass is 35.5. The lowest BCUT2D eigenvalue weighted by molar-refractivity contribution is -0.138. The van der Waals surface area contributed by atoms with Gasteiger partial charge in [0, 0.05) is 36.4 Å². The highest BCUT2D eigenvalue weighted by Gasteiger charge is 2.31. The number of hydrogen-bond acceptors (Lipinski definition) is 3. The van der Waals surface area contributed by atoms with Gasteiger partial charge in [-0.05, 0) is 68.1 Å². The van der Waals surface area contributed by atoms with Gasteiger partial charge >= 0.3 is 0 Å². The Morgan fingerprint density at radius 2 is 1.84 bits per heavy atom. The van der Waals surface area contributed by atoms with E-state index in [0.717, 1.165) is 23.2 Å². The van der Waals surface area contributed by atoms with Crippen LogP contribution in [0.5, 0.6) is 0 Å². The summed E-state index contributed by atoms with van der Waals surface area (Å²) in [5.74, 6) is -0.785. The van der Waals surface area contributed by atoms with Crippen LogP contribution in [-0.2, 0) is 9.59 Å². The number of amides is 3. The van der Waals surface area contributed by atoms with E-state index in [4.69, 9.17) is 11.6 Å². The molecule has 0 spiro atoms. The number of carbonyl (C=O) groups is 3. The number of piperidine rings is 1. The zero-order valence-corrected chi connectivity index (χ0v) is 18.9. The second-order valence-electron chi connectivity index (χ2n) is 8.09. The molecule has 1 saturated heterocycles. The molecule has 1 heterocycles. The summed E-state index contributed by atoms with van der Waals surface area (Å²) in [7, 11) is 1.63. The number of nitrogens with one attached hydrogen (secondary N) is 1. The predicted molar refractivity (Wildman–Crippen MR) is 122 cm³/mol. The highest BCUT2D eigenvalue weighted by Crippen LogP contribution is 2.22. The number of halogens is 1. The quantitative estimate of drug-likeness (QED) is 0.764. The molecule has 0 saturated carbocycles. The van der Waals surface area contributed by atoms with Gasteiger partial charge in [-0.15, -0.1) is 0 Å². The lowest BCUT2D eigenvalue weighted by Crippen LogP contribution is -2.47. The third kappa shape index (κ3) is 5.64. The van der Waals surface area contributed by atoms with Crippen molar-refractivity contribution in [3.8, 4) is 0 Å². The van der Waals surface area contributed by atoms with Crippen LogP contribution in [0.3, 0.4) is 0 Å². The van der Waals surface area contributed by atoms with Crippen LogP contribution < -0.4 is 5.32 Å². The van der Waals surface area contributed by atoms with Gasteiger partial charge < -0.3 is 15.1 Å². The normalized spacial score (nSPS) is 16.0. The molecule has 0 aliphatic carbocycles. The molecule has 31 heavy (non-hydrogen) atoms. The molecule has 1 aliphatic rings. The summed E-state index contributed by atoms with van der Waals surface area (Å²) in [5, 5.41) is 3.46. The Balaban J connectivity index is 1.58. The first-order valence-corrected chi connectivity index (χ1v) is 10.8. The SMILES string of the molecule is Cc1cccc(NC(=O)CN(C)C(=O)C2CCCN(C(=O)c3ccc(Cl)cc3)C2)c1C. The molecule has 0 bridgehead atoms. The standard InChI is InChI=1S/C24H28ClN3O3/c1-16-6-4-8-21(17(16)2)26-22(29)15-27(3)23(30)19-7-5-13-28(14-19)24(31)18-9-11-20(25)12-10-18/h4,6,8-12,19H,5,7,13-15H2,1-3H3,(H,26,29). The number of nitrogens with zero attached hydrogens (tertiary/aromatic N) is 2. The van der Waals surface area contributed by atoms with Gasteiger partial charge in [-0.3, -0.25) is 14.4 Å². The van der Waals surface area contributed by atoms with Crippen LogP contribution in [0, 0.1) is 19.8 Å². The van der Waals surface area contributed by atoms with Crippen molar-refractivity contribution in [2.45, 2.75) is 26.7 Å². The number of hydrogen-bond donors (Lipinski definition) is 1. The Bertz CT molecular complexity index is 975. The number of anilines is 1. The van der Waals surface area contributed by atoms with Crippen molar-refractivity contribution in [2.75, 3.05) is 32.0 Å². The monoisotopic (exact) mass is 441 g/mol. The molecule has 1 atom stereocenters. The van der Waals surface area contributed by atoms with Crippen LogP contribution in [0.15, 0.2) is 42.5 Å². The molecular formula is C24H28ClN3O3. The molecular weight excluding hydrogens is 414 g/mol. The third-order valence-electron chi connectivity index (χ3n) is 5.78. The zero-order chi connectivity index (χ0) is 22.5. The predicted octanol–water partition coefficient (Wildman–Crippen LogP) is 3.91. The number of likely N-dealkylation sites (tertiary alicyclic amines) is 1. The van der Waals surface area contributed by atoms with Gasteiger partial charge in [0.15, 0.2) is 0 Å². The van der Waals surface area contributed by atoms with Crippen LogP contribution in [0.2, 0.25) is 5.02 Å². The smallest absolute Gasteiger partial charge is 0.253 e. The van der Waals surface area contributed by atoms with Gasteiger partial charge in [0.25, 0.3) is 5.91 Å². The Hall–Kier alpha value is -2.86. The zero-order valence-electron chi connectivity index (χ0n) is 18.2. The lowest BCUT2D eigenvalue weighted by atomic mass is 9.96. The van der Waals surface area contributed by atoms with Crippen molar-refractivity contribution in [3.05, 3.63) is 64.2 Å². The van der Waals surface area contributed by atoms with E-state index >= 15 is 0 Å². The molecule has 164 valence electrons. The van der Waals surface area contributed by atoms with Gasteiger partial charge in [0.1, 0.15) is 0 Å². The van der Waals surface area contributed by atoms with Crippen LogP contribution in [0.25, 0.3) is 0 Å². The highest BCUT2D eigenvalue weighted by molar-refractivity contribution is 6.30. The van der Waals surface area contributed by atoms with Crippen molar-refractivity contribution < 1.29 is 14.4 Å². The van der Waals surface area contributed by atoms with Crippen molar-refractivity contribution >= 4 is 35.0 Å². The maximum atomic E-state index is 12.9. The van der Waals surface area contributed by atoms with Crippen molar-refractivity contribution in [3.63, 3.8) is 0 Å². The topological polar surface area (TPSA) is 69.7 Å². The molecule has 1 fully saturated rings. The Labute approximate surface area is 188 Å². The van der Waals surface area contributed by atoms with E-state index in [9.17, 15) is 14.4 Å². The summed E-state index contributed by atoms with van der Waals surface area (Å²) >= 11 is 5.90. The van der Waals surface area contributed by atoms with E-state index < -0.39 is 0 Å². The molecule has 0 aromatic heterocycles. The first-order chi connectivity index (χ1) is 14.8. The summed E-state index contributed by atoms with van der Waals surface area (Å²) < 4.78 is 0. The fraction of sp³-hybridized carbons (Fsp3) is 0.375. The van der Waals surface area contributed by atoms with Crippen molar-refractivity contribution in [1.29, 1.82) is 0 Å². The second-order valence-corrected chi connectivity index (χ2v) is 8.52. The summed E-state index contributed by atoms with van der Waals surface area (Å²) in [6.07, 6.45) is 1.45. The number of aryl methyl sites for hydroxylation is 1. The minimum atomic E-state index is -0.316. The van der Waals surface area contributed by atoms with Gasteiger partial charge in [-0.2, -0.15) is 0 Å². The molecule has 1 N–H and O–H groups in total. The number of rotatable bonds is 5. The number of benzene rings is 2. The maximum absolute atomic E-state index is 12.9. The minimum Gasteiger partial charge on any atom is -0.338 e. The molecule has 3 amide bonds. The first-order valence-electron chi connectivity index (χ1n) is 10.4. The Kier molecular flexibility index (Phi) is 7.33. The largest absolute Gasteiger partial charge is 0.338 e. The summed E-state index contributed by atoms with van der Waals surface area (Å²) in [6.45, 7) is 4.87. The molecule has 3 rings (SSSR count). The molecule has 2 aromatic carbocycles. The van der Waals surface area contributed by atoms with Crippen LogP contribution in [0.4, 0.5) is 5.69 Å². The van der Waals surface area contributed by atoms with E-state index in [1.807, 2.05) is 32.0 Å². The van der Waals surface area contributed by atoms with E-state index in [2.05, 4.69) is 5.32 Å².